The number of benzene rings is 2. The van der Waals surface area contributed by atoms with E-state index >= 15 is 0 Å². The molecule has 0 aliphatic rings. The number of rotatable bonds is 6. The van der Waals surface area contributed by atoms with E-state index in [4.69, 9.17) is 9.47 Å². The van der Waals surface area contributed by atoms with Crippen LogP contribution in [0.4, 0.5) is 24.5 Å². The molecule has 0 aliphatic heterocycles. The van der Waals surface area contributed by atoms with Gasteiger partial charge in [0.05, 0.1) is 23.3 Å². The van der Waals surface area contributed by atoms with E-state index in [1.165, 1.54) is 19.2 Å². The molecule has 0 saturated carbocycles. The SMILES string of the molecule is COc1ccc(C(=O)OC(C)C(=O)Nc2ccc([N+](=O)[O-])cc2C(F)(F)F)c(O)c1. The van der Waals surface area contributed by atoms with Crippen LogP contribution in [-0.2, 0) is 15.7 Å². The third-order valence-electron chi connectivity index (χ3n) is 3.86. The fraction of sp³-hybridized carbons (Fsp3) is 0.222. The lowest BCUT2D eigenvalue weighted by atomic mass is 10.1. The predicted molar refractivity (Wildman–Crippen MR) is 96.3 cm³/mol. The maximum atomic E-state index is 13.2. The van der Waals surface area contributed by atoms with Crippen LogP contribution in [0.15, 0.2) is 36.4 Å². The second-order valence-corrected chi connectivity index (χ2v) is 5.90. The topological polar surface area (TPSA) is 128 Å². The Balaban J connectivity index is 2.18. The average Bonchev–Trinajstić information content (AvgIpc) is 2.66. The molecule has 0 heterocycles. The number of phenols is 1. The number of carbonyl (C=O) groups excluding carboxylic acids is 2. The number of ether oxygens (including phenoxy) is 2. The van der Waals surface area contributed by atoms with Gasteiger partial charge in [-0.2, -0.15) is 13.2 Å². The summed E-state index contributed by atoms with van der Waals surface area (Å²) >= 11 is 0. The van der Waals surface area contributed by atoms with E-state index in [1.807, 2.05) is 5.32 Å². The first-order valence-electron chi connectivity index (χ1n) is 8.18. The molecule has 2 N–H and O–H groups in total. The monoisotopic (exact) mass is 428 g/mol. The average molecular weight is 428 g/mol. The van der Waals surface area contributed by atoms with Gasteiger partial charge < -0.3 is 19.9 Å². The van der Waals surface area contributed by atoms with Gasteiger partial charge in [0.2, 0.25) is 0 Å². The van der Waals surface area contributed by atoms with Gasteiger partial charge in [0, 0.05) is 18.2 Å². The summed E-state index contributed by atoms with van der Waals surface area (Å²) in [5, 5.41) is 22.5. The Labute approximate surface area is 167 Å². The van der Waals surface area contributed by atoms with Crippen molar-refractivity contribution in [1.29, 1.82) is 0 Å². The van der Waals surface area contributed by atoms with Gasteiger partial charge in [0.1, 0.15) is 17.1 Å². The molecule has 0 aliphatic carbocycles. The number of alkyl halides is 3. The van der Waals surface area contributed by atoms with Crippen LogP contribution < -0.4 is 10.1 Å². The van der Waals surface area contributed by atoms with Gasteiger partial charge in [0.25, 0.3) is 11.6 Å². The Morgan fingerprint density at radius 3 is 2.40 bits per heavy atom. The van der Waals surface area contributed by atoms with Gasteiger partial charge >= 0.3 is 12.1 Å². The normalized spacial score (nSPS) is 12.0. The zero-order chi connectivity index (χ0) is 22.6. The van der Waals surface area contributed by atoms with E-state index in [2.05, 4.69) is 0 Å². The third-order valence-corrected chi connectivity index (χ3v) is 3.86. The molecule has 30 heavy (non-hydrogen) atoms. The molecule has 0 radical (unpaired) electrons. The summed E-state index contributed by atoms with van der Waals surface area (Å²) in [5.41, 5.74) is -3.28. The molecule has 1 amide bonds. The lowest BCUT2D eigenvalue weighted by Gasteiger charge is -2.17. The van der Waals surface area contributed by atoms with E-state index < -0.39 is 51.8 Å². The van der Waals surface area contributed by atoms with Crippen molar-refractivity contribution in [3.63, 3.8) is 0 Å². The van der Waals surface area contributed by atoms with Gasteiger partial charge in [-0.3, -0.25) is 14.9 Å². The molecular weight excluding hydrogens is 413 g/mol. The van der Waals surface area contributed by atoms with Crippen molar-refractivity contribution < 1.29 is 42.3 Å². The van der Waals surface area contributed by atoms with Crippen molar-refractivity contribution in [1.82, 2.24) is 0 Å². The Kier molecular flexibility index (Phi) is 6.49. The quantitative estimate of drug-likeness (QED) is 0.409. The minimum Gasteiger partial charge on any atom is -0.507 e. The largest absolute Gasteiger partial charge is 0.507 e. The first kappa shape index (κ1) is 22.5. The second-order valence-electron chi connectivity index (χ2n) is 5.90. The van der Waals surface area contributed by atoms with E-state index in [1.54, 1.807) is 0 Å². The van der Waals surface area contributed by atoms with Gasteiger partial charge in [0.15, 0.2) is 6.10 Å². The molecule has 0 aromatic heterocycles. The molecule has 1 unspecified atom stereocenters. The summed E-state index contributed by atoms with van der Waals surface area (Å²) in [5.74, 6) is -2.44. The zero-order valence-corrected chi connectivity index (χ0v) is 15.5. The van der Waals surface area contributed by atoms with Crippen molar-refractivity contribution in [3.05, 3.63) is 57.6 Å². The van der Waals surface area contributed by atoms with E-state index in [9.17, 15) is 38.0 Å². The number of non-ortho nitro benzene ring substituents is 1. The molecule has 0 bridgehead atoms. The molecule has 160 valence electrons. The third kappa shape index (κ3) is 5.16. The second kappa shape index (κ2) is 8.68. The Hall–Kier alpha value is -3.83. The number of phenolic OH excluding ortho intramolecular Hbond substituents is 1. The highest BCUT2D eigenvalue weighted by Crippen LogP contribution is 2.37. The van der Waals surface area contributed by atoms with Gasteiger partial charge in [-0.15, -0.1) is 0 Å². The first-order chi connectivity index (χ1) is 13.9. The lowest BCUT2D eigenvalue weighted by molar-refractivity contribution is -0.385. The molecular formula is C18H15F3N2O7. The molecule has 0 fully saturated rings. The number of halogens is 3. The molecule has 9 nitrogen and oxygen atoms in total. The van der Waals surface area contributed by atoms with E-state index in [0.717, 1.165) is 25.1 Å². The Bertz CT molecular complexity index is 992. The van der Waals surface area contributed by atoms with Crippen molar-refractivity contribution in [3.8, 4) is 11.5 Å². The fourth-order valence-corrected chi connectivity index (χ4v) is 2.31. The summed E-state index contributed by atoms with van der Waals surface area (Å²) in [6, 6.07) is 5.46. The van der Waals surface area contributed by atoms with Crippen molar-refractivity contribution in [2.45, 2.75) is 19.2 Å². The zero-order valence-electron chi connectivity index (χ0n) is 15.5. The van der Waals surface area contributed by atoms with Gasteiger partial charge in [-0.05, 0) is 25.1 Å². The van der Waals surface area contributed by atoms with Crippen LogP contribution in [0.5, 0.6) is 11.5 Å². The number of nitrogens with one attached hydrogen (secondary N) is 1. The van der Waals surface area contributed by atoms with Crippen LogP contribution in [0.2, 0.25) is 0 Å². The number of aromatic hydroxyl groups is 1. The van der Waals surface area contributed by atoms with Crippen molar-refractivity contribution in [2.24, 2.45) is 0 Å². The molecule has 12 heteroatoms. The summed E-state index contributed by atoms with van der Waals surface area (Å²) in [6.07, 6.45) is -6.53. The molecule has 2 rings (SSSR count). The van der Waals surface area contributed by atoms with Crippen LogP contribution in [0.1, 0.15) is 22.8 Å². The Morgan fingerprint density at radius 1 is 1.20 bits per heavy atom. The van der Waals surface area contributed by atoms with Gasteiger partial charge in [-0.25, -0.2) is 4.79 Å². The van der Waals surface area contributed by atoms with Crippen LogP contribution >= 0.6 is 0 Å². The number of amides is 1. The molecule has 0 spiro atoms. The number of nitrogens with zero attached hydrogens (tertiary/aromatic N) is 1. The highest BCUT2D eigenvalue weighted by molar-refractivity contribution is 5.98. The first-order valence-corrected chi connectivity index (χ1v) is 8.18. The van der Waals surface area contributed by atoms with Gasteiger partial charge in [-0.1, -0.05) is 0 Å². The van der Waals surface area contributed by atoms with E-state index in [-0.39, 0.29) is 17.4 Å². The highest BCUT2D eigenvalue weighted by atomic mass is 19.4. The molecule has 1 atom stereocenters. The summed E-state index contributed by atoms with van der Waals surface area (Å²) in [7, 11) is 1.34. The molecule has 0 saturated heterocycles. The van der Waals surface area contributed by atoms with Crippen LogP contribution in [0.3, 0.4) is 0 Å². The molecule has 2 aromatic rings. The van der Waals surface area contributed by atoms with Crippen molar-refractivity contribution >= 4 is 23.3 Å². The number of hydrogen-bond donors (Lipinski definition) is 2. The van der Waals surface area contributed by atoms with Crippen LogP contribution in [-0.4, -0.2) is 35.1 Å². The number of hydrogen-bond acceptors (Lipinski definition) is 7. The summed E-state index contributed by atoms with van der Waals surface area (Å²) < 4.78 is 49.3. The molecule has 2 aromatic carbocycles. The number of nitro groups is 1. The highest BCUT2D eigenvalue weighted by Gasteiger charge is 2.36. The lowest BCUT2D eigenvalue weighted by Crippen LogP contribution is -2.30. The van der Waals surface area contributed by atoms with E-state index in [0.29, 0.717) is 0 Å². The number of esters is 1. The Morgan fingerprint density at radius 2 is 1.87 bits per heavy atom. The maximum Gasteiger partial charge on any atom is 0.418 e. The predicted octanol–water partition coefficient (Wildman–Crippen LogP) is 3.51. The van der Waals surface area contributed by atoms with Crippen LogP contribution in [0, 0.1) is 10.1 Å². The number of anilines is 1. The number of carbonyl (C=O) groups is 2. The number of nitro benzene ring substituents is 1. The maximum absolute atomic E-state index is 13.2. The summed E-state index contributed by atoms with van der Waals surface area (Å²) in [6.45, 7) is 1.10. The van der Waals surface area contributed by atoms with Crippen LogP contribution in [0.25, 0.3) is 0 Å². The number of methoxy groups -OCH3 is 1. The fourth-order valence-electron chi connectivity index (χ4n) is 2.31. The minimum absolute atomic E-state index is 0.257. The standard InChI is InChI=1S/C18H15F3N2O7/c1-9(30-17(26)12-5-4-11(29-2)8-15(12)24)16(25)22-14-6-3-10(23(27)28)7-13(14)18(19,20)21/h3-9,24H,1-2H3,(H,22,25). The van der Waals surface area contributed by atoms with Crippen molar-refractivity contribution in [2.75, 3.05) is 12.4 Å². The summed E-state index contributed by atoms with van der Waals surface area (Å²) in [4.78, 5) is 34.0. The smallest absolute Gasteiger partial charge is 0.418 e. The minimum atomic E-state index is -4.98.